The molecule has 0 radical (unpaired) electrons. The zero-order chi connectivity index (χ0) is 18.7. The lowest BCUT2D eigenvalue weighted by atomic mass is 10.2. The van der Waals surface area contributed by atoms with Crippen molar-refractivity contribution in [1.29, 1.82) is 0 Å². The summed E-state index contributed by atoms with van der Waals surface area (Å²) >= 11 is 0. The summed E-state index contributed by atoms with van der Waals surface area (Å²) in [5.74, 6) is 0.224. The van der Waals surface area contributed by atoms with Crippen LogP contribution in [0.2, 0.25) is 0 Å². The Hall–Kier alpha value is -2.74. The van der Waals surface area contributed by atoms with Gasteiger partial charge >= 0.3 is 0 Å². The number of sulfone groups is 1. The summed E-state index contributed by atoms with van der Waals surface area (Å²) in [6.45, 7) is 2.64. The third kappa shape index (κ3) is 4.08. The van der Waals surface area contributed by atoms with Gasteiger partial charge in [-0.2, -0.15) is 0 Å². The van der Waals surface area contributed by atoms with Crippen LogP contribution in [-0.4, -0.2) is 33.3 Å². The smallest absolute Gasteiger partial charge is 0.225 e. The molecule has 1 aliphatic rings. The fraction of sp³-hybridized carbons (Fsp3) is 0.278. The van der Waals surface area contributed by atoms with E-state index in [0.29, 0.717) is 36.1 Å². The van der Waals surface area contributed by atoms with Gasteiger partial charge in [0.15, 0.2) is 21.3 Å². The first-order chi connectivity index (χ1) is 12.3. The zero-order valence-corrected chi connectivity index (χ0v) is 15.1. The predicted molar refractivity (Wildman–Crippen MR) is 98.3 cm³/mol. The number of hydrogen-bond donors (Lipinski definition) is 2. The SMILES string of the molecule is Cc1ccc(N)cc1NC(=O)CCS(=O)(=O)c1ccc2c(c1)OCCO2. The van der Waals surface area contributed by atoms with Crippen LogP contribution in [0.1, 0.15) is 12.0 Å². The third-order valence-electron chi connectivity index (χ3n) is 4.01. The highest BCUT2D eigenvalue weighted by molar-refractivity contribution is 7.91. The molecule has 0 aromatic heterocycles. The first kappa shape index (κ1) is 18.1. The minimum absolute atomic E-state index is 0.106. The van der Waals surface area contributed by atoms with Gasteiger partial charge in [-0.3, -0.25) is 4.79 Å². The predicted octanol–water partition coefficient (Wildman–Crippen LogP) is 2.15. The minimum Gasteiger partial charge on any atom is -0.486 e. The maximum absolute atomic E-state index is 12.5. The number of carbonyl (C=O) groups excluding carboxylic acids is 1. The Balaban J connectivity index is 1.66. The second-order valence-electron chi connectivity index (χ2n) is 6.00. The lowest BCUT2D eigenvalue weighted by Crippen LogP contribution is -2.19. The van der Waals surface area contributed by atoms with Gasteiger partial charge in [0.25, 0.3) is 0 Å². The molecule has 7 nitrogen and oxygen atoms in total. The summed E-state index contributed by atoms with van der Waals surface area (Å²) in [4.78, 5) is 12.2. The number of nitrogens with one attached hydrogen (secondary N) is 1. The number of ether oxygens (including phenoxy) is 2. The van der Waals surface area contributed by atoms with Gasteiger partial charge in [-0.25, -0.2) is 8.42 Å². The van der Waals surface area contributed by atoms with Crippen LogP contribution < -0.4 is 20.5 Å². The first-order valence-electron chi connectivity index (χ1n) is 8.13. The van der Waals surface area contributed by atoms with Crippen LogP contribution in [0.25, 0.3) is 0 Å². The van der Waals surface area contributed by atoms with Gasteiger partial charge in [-0.15, -0.1) is 0 Å². The van der Waals surface area contributed by atoms with Crippen LogP contribution in [-0.2, 0) is 14.6 Å². The van der Waals surface area contributed by atoms with E-state index in [1.54, 1.807) is 24.3 Å². The number of carbonyl (C=O) groups is 1. The Morgan fingerprint density at radius 3 is 2.62 bits per heavy atom. The second kappa shape index (κ2) is 7.25. The van der Waals surface area contributed by atoms with E-state index in [-0.39, 0.29) is 23.0 Å². The molecule has 0 fully saturated rings. The van der Waals surface area contributed by atoms with Crippen LogP contribution >= 0.6 is 0 Å². The molecule has 3 N–H and O–H groups in total. The molecule has 0 atom stereocenters. The zero-order valence-electron chi connectivity index (χ0n) is 14.3. The fourth-order valence-electron chi connectivity index (χ4n) is 2.55. The van der Waals surface area contributed by atoms with E-state index >= 15 is 0 Å². The van der Waals surface area contributed by atoms with Gasteiger partial charge in [0.2, 0.25) is 5.91 Å². The summed E-state index contributed by atoms with van der Waals surface area (Å²) in [5, 5.41) is 2.70. The van der Waals surface area contributed by atoms with Crippen LogP contribution in [0.15, 0.2) is 41.3 Å². The van der Waals surface area contributed by atoms with Gasteiger partial charge in [-0.1, -0.05) is 6.07 Å². The number of hydrogen-bond acceptors (Lipinski definition) is 6. The standard InChI is InChI=1S/C18H20N2O5S/c1-12-2-3-13(19)10-15(12)20-18(21)6-9-26(22,23)14-4-5-16-17(11-14)25-8-7-24-16/h2-5,10-11H,6-9,19H2,1H3,(H,20,21). The topological polar surface area (TPSA) is 108 Å². The van der Waals surface area contributed by atoms with Crippen molar-refractivity contribution in [2.75, 3.05) is 30.0 Å². The average Bonchev–Trinajstić information content (AvgIpc) is 2.63. The van der Waals surface area contributed by atoms with E-state index in [2.05, 4.69) is 5.32 Å². The first-order valence-corrected chi connectivity index (χ1v) is 9.79. The van der Waals surface area contributed by atoms with E-state index in [0.717, 1.165) is 5.56 Å². The van der Waals surface area contributed by atoms with E-state index in [4.69, 9.17) is 15.2 Å². The van der Waals surface area contributed by atoms with Crippen molar-refractivity contribution < 1.29 is 22.7 Å². The Morgan fingerprint density at radius 1 is 1.12 bits per heavy atom. The van der Waals surface area contributed by atoms with Gasteiger partial charge in [0.1, 0.15) is 13.2 Å². The van der Waals surface area contributed by atoms with Gasteiger partial charge in [-0.05, 0) is 36.8 Å². The molecule has 1 aliphatic heterocycles. The number of benzene rings is 2. The lowest BCUT2D eigenvalue weighted by Gasteiger charge is -2.18. The maximum Gasteiger partial charge on any atom is 0.225 e. The van der Waals surface area contributed by atoms with Crippen LogP contribution in [0.4, 0.5) is 11.4 Å². The summed E-state index contributed by atoms with van der Waals surface area (Å²) in [6.07, 6.45) is -0.162. The molecule has 1 heterocycles. The number of nitrogen functional groups attached to an aromatic ring is 1. The molecular formula is C18H20N2O5S. The molecule has 0 unspecified atom stereocenters. The Morgan fingerprint density at radius 2 is 1.85 bits per heavy atom. The van der Waals surface area contributed by atoms with Crippen molar-refractivity contribution >= 4 is 27.1 Å². The number of anilines is 2. The molecule has 0 saturated carbocycles. The number of fused-ring (bicyclic) bond motifs is 1. The van der Waals surface area contributed by atoms with Crippen molar-refractivity contribution in [2.24, 2.45) is 0 Å². The summed E-state index contributed by atoms with van der Waals surface area (Å²) in [6, 6.07) is 9.63. The monoisotopic (exact) mass is 376 g/mol. The number of rotatable bonds is 5. The Labute approximate surface area is 152 Å². The van der Waals surface area contributed by atoms with E-state index in [1.165, 1.54) is 12.1 Å². The van der Waals surface area contributed by atoms with Crippen molar-refractivity contribution in [3.05, 3.63) is 42.0 Å². The molecule has 26 heavy (non-hydrogen) atoms. The van der Waals surface area contributed by atoms with Crippen molar-refractivity contribution in [2.45, 2.75) is 18.2 Å². The van der Waals surface area contributed by atoms with Crippen LogP contribution in [0, 0.1) is 6.92 Å². The molecule has 0 aliphatic carbocycles. The third-order valence-corrected chi connectivity index (χ3v) is 5.72. The Kier molecular flexibility index (Phi) is 5.03. The van der Waals surface area contributed by atoms with Crippen LogP contribution in [0.3, 0.4) is 0 Å². The van der Waals surface area contributed by atoms with Crippen molar-refractivity contribution in [1.82, 2.24) is 0 Å². The normalized spacial score (nSPS) is 13.3. The van der Waals surface area contributed by atoms with E-state index < -0.39 is 9.84 Å². The summed E-state index contributed by atoms with van der Waals surface area (Å²) in [5.41, 5.74) is 7.66. The highest BCUT2D eigenvalue weighted by Gasteiger charge is 2.20. The molecule has 3 rings (SSSR count). The summed E-state index contributed by atoms with van der Waals surface area (Å²) in [7, 11) is -3.62. The molecule has 2 aromatic carbocycles. The number of amides is 1. The number of aryl methyl sites for hydroxylation is 1. The maximum atomic E-state index is 12.5. The van der Waals surface area contributed by atoms with Crippen molar-refractivity contribution in [3.8, 4) is 11.5 Å². The fourth-order valence-corrected chi connectivity index (χ4v) is 3.80. The number of nitrogens with two attached hydrogens (primary N) is 1. The molecule has 0 bridgehead atoms. The molecular weight excluding hydrogens is 356 g/mol. The lowest BCUT2D eigenvalue weighted by molar-refractivity contribution is -0.115. The quantitative estimate of drug-likeness (QED) is 0.774. The van der Waals surface area contributed by atoms with Gasteiger partial charge < -0.3 is 20.5 Å². The highest BCUT2D eigenvalue weighted by Crippen LogP contribution is 2.32. The molecule has 1 amide bonds. The minimum atomic E-state index is -3.62. The van der Waals surface area contributed by atoms with Gasteiger partial charge in [0.05, 0.1) is 10.6 Å². The molecule has 8 heteroatoms. The van der Waals surface area contributed by atoms with E-state index in [9.17, 15) is 13.2 Å². The van der Waals surface area contributed by atoms with Crippen LogP contribution in [0.5, 0.6) is 11.5 Å². The largest absolute Gasteiger partial charge is 0.486 e. The van der Waals surface area contributed by atoms with Gasteiger partial charge in [0, 0.05) is 23.9 Å². The average molecular weight is 376 g/mol. The molecule has 2 aromatic rings. The molecule has 138 valence electrons. The van der Waals surface area contributed by atoms with E-state index in [1.807, 2.05) is 6.92 Å². The molecule has 0 spiro atoms. The molecule has 0 saturated heterocycles. The Bertz CT molecular complexity index is 941. The highest BCUT2D eigenvalue weighted by atomic mass is 32.2. The van der Waals surface area contributed by atoms with Crippen molar-refractivity contribution in [3.63, 3.8) is 0 Å². The summed E-state index contributed by atoms with van der Waals surface area (Å²) < 4.78 is 35.8. The second-order valence-corrected chi connectivity index (χ2v) is 8.11.